The SMILES string of the molecule is Cc1nc(NC2CC2)ccc1[C@@H](O)CNC(C)(C)C. The third-order valence-corrected chi connectivity index (χ3v) is 3.24. The molecule has 1 aromatic rings. The second kappa shape index (κ2) is 5.47. The summed E-state index contributed by atoms with van der Waals surface area (Å²) in [6.45, 7) is 8.77. The van der Waals surface area contributed by atoms with Crippen LogP contribution in [0.25, 0.3) is 0 Å². The number of nitrogens with one attached hydrogen (secondary N) is 2. The third kappa shape index (κ3) is 4.48. The molecule has 0 spiro atoms. The van der Waals surface area contributed by atoms with Crippen molar-refractivity contribution in [1.29, 1.82) is 0 Å². The van der Waals surface area contributed by atoms with Gasteiger partial charge in [-0.2, -0.15) is 0 Å². The summed E-state index contributed by atoms with van der Waals surface area (Å²) in [5.41, 5.74) is 1.81. The molecule has 0 amide bonds. The summed E-state index contributed by atoms with van der Waals surface area (Å²) in [5, 5.41) is 16.9. The van der Waals surface area contributed by atoms with E-state index in [-0.39, 0.29) is 5.54 Å². The quantitative estimate of drug-likeness (QED) is 0.763. The van der Waals surface area contributed by atoms with Crippen molar-refractivity contribution in [2.45, 2.75) is 58.2 Å². The molecular weight excluding hydrogens is 238 g/mol. The molecule has 0 unspecified atom stereocenters. The van der Waals surface area contributed by atoms with Crippen LogP contribution in [0.15, 0.2) is 12.1 Å². The predicted molar refractivity (Wildman–Crippen MR) is 78.3 cm³/mol. The molecule has 1 atom stereocenters. The van der Waals surface area contributed by atoms with E-state index >= 15 is 0 Å². The van der Waals surface area contributed by atoms with Crippen LogP contribution in [-0.4, -0.2) is 28.2 Å². The van der Waals surface area contributed by atoms with Crippen molar-refractivity contribution in [3.8, 4) is 0 Å². The Morgan fingerprint density at radius 3 is 2.58 bits per heavy atom. The number of pyridine rings is 1. The number of aryl methyl sites for hydroxylation is 1. The molecule has 0 radical (unpaired) electrons. The Kier molecular flexibility index (Phi) is 4.11. The van der Waals surface area contributed by atoms with Gasteiger partial charge in [0, 0.05) is 29.4 Å². The van der Waals surface area contributed by atoms with E-state index in [4.69, 9.17) is 0 Å². The van der Waals surface area contributed by atoms with Crippen molar-refractivity contribution < 1.29 is 5.11 Å². The lowest BCUT2D eigenvalue weighted by atomic mass is 10.1. The molecule has 0 aliphatic heterocycles. The van der Waals surface area contributed by atoms with Gasteiger partial charge in [-0.3, -0.25) is 0 Å². The highest BCUT2D eigenvalue weighted by Crippen LogP contribution is 2.25. The zero-order valence-corrected chi connectivity index (χ0v) is 12.3. The van der Waals surface area contributed by atoms with Gasteiger partial charge in [0.1, 0.15) is 5.82 Å². The lowest BCUT2D eigenvalue weighted by molar-refractivity contribution is 0.162. The summed E-state index contributed by atoms with van der Waals surface area (Å²) in [7, 11) is 0. The highest BCUT2D eigenvalue weighted by molar-refractivity contribution is 5.41. The van der Waals surface area contributed by atoms with Crippen molar-refractivity contribution in [2.24, 2.45) is 0 Å². The Hall–Kier alpha value is -1.13. The minimum atomic E-state index is -0.512. The Morgan fingerprint density at radius 1 is 1.37 bits per heavy atom. The molecule has 4 heteroatoms. The molecule has 1 aromatic heterocycles. The smallest absolute Gasteiger partial charge is 0.126 e. The average Bonchev–Trinajstić information content (AvgIpc) is 3.09. The molecule has 1 aliphatic rings. The van der Waals surface area contributed by atoms with E-state index in [1.165, 1.54) is 12.8 Å². The van der Waals surface area contributed by atoms with Crippen LogP contribution in [0.3, 0.4) is 0 Å². The summed E-state index contributed by atoms with van der Waals surface area (Å²) < 4.78 is 0. The van der Waals surface area contributed by atoms with E-state index in [1.54, 1.807) is 0 Å². The van der Waals surface area contributed by atoms with Gasteiger partial charge in [-0.05, 0) is 46.6 Å². The molecule has 19 heavy (non-hydrogen) atoms. The molecule has 2 rings (SSSR count). The number of hydrogen-bond donors (Lipinski definition) is 3. The number of rotatable bonds is 5. The fourth-order valence-electron chi connectivity index (χ4n) is 1.95. The van der Waals surface area contributed by atoms with Gasteiger partial charge in [0.2, 0.25) is 0 Å². The standard InChI is InChI=1S/C15H25N3O/c1-10-12(13(19)9-16-15(2,3)4)7-8-14(17-10)18-11-5-6-11/h7-8,11,13,16,19H,5-6,9H2,1-4H3,(H,17,18)/t13-/m0/s1. The van der Waals surface area contributed by atoms with Crippen molar-refractivity contribution in [1.82, 2.24) is 10.3 Å². The van der Waals surface area contributed by atoms with Gasteiger partial charge >= 0.3 is 0 Å². The van der Waals surface area contributed by atoms with E-state index in [0.717, 1.165) is 17.1 Å². The van der Waals surface area contributed by atoms with Crippen molar-refractivity contribution in [3.05, 3.63) is 23.4 Å². The molecular formula is C15H25N3O. The first-order valence-electron chi connectivity index (χ1n) is 7.02. The van der Waals surface area contributed by atoms with Gasteiger partial charge in [-0.1, -0.05) is 6.07 Å². The van der Waals surface area contributed by atoms with Crippen LogP contribution in [0, 0.1) is 6.92 Å². The summed E-state index contributed by atoms with van der Waals surface area (Å²) in [4.78, 5) is 4.52. The van der Waals surface area contributed by atoms with Crippen LogP contribution in [0.2, 0.25) is 0 Å². The van der Waals surface area contributed by atoms with Crippen LogP contribution >= 0.6 is 0 Å². The molecule has 106 valence electrons. The minimum absolute atomic E-state index is 0.00971. The zero-order valence-electron chi connectivity index (χ0n) is 12.3. The van der Waals surface area contributed by atoms with E-state index in [9.17, 15) is 5.11 Å². The normalized spacial score (nSPS) is 17.3. The maximum atomic E-state index is 10.2. The highest BCUT2D eigenvalue weighted by Gasteiger charge is 2.22. The number of aromatic nitrogens is 1. The van der Waals surface area contributed by atoms with E-state index in [0.29, 0.717) is 12.6 Å². The Bertz CT molecular complexity index is 436. The van der Waals surface area contributed by atoms with Crippen LogP contribution in [0.1, 0.15) is 51.0 Å². The Labute approximate surface area is 115 Å². The van der Waals surface area contributed by atoms with Crippen molar-refractivity contribution in [3.63, 3.8) is 0 Å². The minimum Gasteiger partial charge on any atom is -0.387 e. The van der Waals surface area contributed by atoms with Gasteiger partial charge < -0.3 is 15.7 Å². The molecule has 0 bridgehead atoms. The average molecular weight is 263 g/mol. The molecule has 0 aromatic carbocycles. The van der Waals surface area contributed by atoms with Crippen molar-refractivity contribution >= 4 is 5.82 Å². The van der Waals surface area contributed by atoms with E-state index in [2.05, 4.69) is 36.4 Å². The molecule has 3 N–H and O–H groups in total. The van der Waals surface area contributed by atoms with Gasteiger partial charge in [-0.25, -0.2) is 4.98 Å². The van der Waals surface area contributed by atoms with Crippen molar-refractivity contribution in [2.75, 3.05) is 11.9 Å². The predicted octanol–water partition coefficient (Wildman–Crippen LogP) is 2.39. The van der Waals surface area contributed by atoms with E-state index < -0.39 is 6.10 Å². The number of nitrogens with zero attached hydrogens (tertiary/aromatic N) is 1. The number of β-amino-alcohol motifs (C(OH)–C–C–N with tert-alkyl or cyclic N) is 1. The summed E-state index contributed by atoms with van der Waals surface area (Å²) in [6.07, 6.45) is 1.96. The first-order chi connectivity index (χ1) is 8.85. The molecule has 1 heterocycles. The summed E-state index contributed by atoms with van der Waals surface area (Å²) >= 11 is 0. The molecule has 0 saturated heterocycles. The van der Waals surface area contributed by atoms with Crippen LogP contribution in [0.5, 0.6) is 0 Å². The van der Waals surface area contributed by atoms with Crippen LogP contribution < -0.4 is 10.6 Å². The maximum Gasteiger partial charge on any atom is 0.126 e. The first kappa shape index (κ1) is 14.3. The van der Waals surface area contributed by atoms with Crippen LogP contribution in [0.4, 0.5) is 5.82 Å². The lowest BCUT2D eigenvalue weighted by Gasteiger charge is -2.23. The van der Waals surface area contributed by atoms with Gasteiger partial charge in [-0.15, -0.1) is 0 Å². The number of anilines is 1. The number of aliphatic hydroxyl groups excluding tert-OH is 1. The summed E-state index contributed by atoms with van der Waals surface area (Å²) in [6, 6.07) is 4.54. The largest absolute Gasteiger partial charge is 0.387 e. The number of hydrogen-bond acceptors (Lipinski definition) is 4. The zero-order chi connectivity index (χ0) is 14.0. The monoisotopic (exact) mass is 263 g/mol. The van der Waals surface area contributed by atoms with Crippen LogP contribution in [-0.2, 0) is 0 Å². The topological polar surface area (TPSA) is 57.2 Å². The molecule has 1 saturated carbocycles. The van der Waals surface area contributed by atoms with Gasteiger partial charge in [0.25, 0.3) is 0 Å². The third-order valence-electron chi connectivity index (χ3n) is 3.24. The highest BCUT2D eigenvalue weighted by atomic mass is 16.3. The second-order valence-electron chi connectivity index (χ2n) is 6.44. The maximum absolute atomic E-state index is 10.2. The summed E-state index contributed by atoms with van der Waals surface area (Å²) in [5.74, 6) is 0.916. The Balaban J connectivity index is 1.98. The first-order valence-corrected chi connectivity index (χ1v) is 7.02. The fourth-order valence-corrected chi connectivity index (χ4v) is 1.95. The van der Waals surface area contributed by atoms with Gasteiger partial charge in [0.15, 0.2) is 0 Å². The molecule has 1 fully saturated rings. The lowest BCUT2D eigenvalue weighted by Crippen LogP contribution is -2.38. The Morgan fingerprint density at radius 2 is 2.05 bits per heavy atom. The van der Waals surface area contributed by atoms with Gasteiger partial charge in [0.05, 0.1) is 6.10 Å². The van der Waals surface area contributed by atoms with E-state index in [1.807, 2.05) is 19.1 Å². The molecule has 1 aliphatic carbocycles. The number of aliphatic hydroxyl groups is 1. The second-order valence-corrected chi connectivity index (χ2v) is 6.44. The molecule has 4 nitrogen and oxygen atoms in total. The fraction of sp³-hybridized carbons (Fsp3) is 0.667.